The minimum Gasteiger partial charge on any atom is -0.381 e. The van der Waals surface area contributed by atoms with Crippen molar-refractivity contribution in [2.75, 3.05) is 11.9 Å². The summed E-state index contributed by atoms with van der Waals surface area (Å²) in [6, 6.07) is 5.91. The van der Waals surface area contributed by atoms with Gasteiger partial charge in [0.05, 0.1) is 11.0 Å². The summed E-state index contributed by atoms with van der Waals surface area (Å²) in [4.78, 5) is 0.291. The van der Waals surface area contributed by atoms with E-state index >= 15 is 0 Å². The number of nitrogens with one attached hydrogen (secondary N) is 1. The molecule has 5 nitrogen and oxygen atoms in total. The maximum absolute atomic E-state index is 13.0. The smallest absolute Gasteiger partial charge is 0.281 e. The van der Waals surface area contributed by atoms with Crippen molar-refractivity contribution in [1.82, 2.24) is 0 Å². The zero-order chi connectivity index (χ0) is 21.4. The molecular formula is C25H36N2O3S. The third-order valence-corrected chi connectivity index (χ3v) is 9.43. The van der Waals surface area contributed by atoms with Gasteiger partial charge < -0.3 is 10.1 Å². The van der Waals surface area contributed by atoms with Crippen molar-refractivity contribution in [3.05, 3.63) is 23.8 Å². The van der Waals surface area contributed by atoms with Crippen molar-refractivity contribution in [3.63, 3.8) is 0 Å². The van der Waals surface area contributed by atoms with Gasteiger partial charge in [-0.2, -0.15) is 12.8 Å². The molecule has 3 atom stereocenters. The Morgan fingerprint density at radius 2 is 1.81 bits per heavy atom. The van der Waals surface area contributed by atoms with Gasteiger partial charge in [-0.1, -0.05) is 39.0 Å². The van der Waals surface area contributed by atoms with Crippen LogP contribution in [0.2, 0.25) is 0 Å². The van der Waals surface area contributed by atoms with Crippen LogP contribution >= 0.6 is 0 Å². The quantitative estimate of drug-likeness (QED) is 0.603. The second-order valence-electron chi connectivity index (χ2n) is 10.3. The lowest BCUT2D eigenvalue weighted by Gasteiger charge is -2.42. The van der Waals surface area contributed by atoms with Crippen LogP contribution in [0.25, 0.3) is 0 Å². The van der Waals surface area contributed by atoms with Crippen LogP contribution in [-0.2, 0) is 14.8 Å². The van der Waals surface area contributed by atoms with Gasteiger partial charge in [-0.15, -0.1) is 0 Å². The molecule has 3 fully saturated rings. The highest BCUT2D eigenvalue weighted by Crippen LogP contribution is 2.48. The summed E-state index contributed by atoms with van der Waals surface area (Å²) in [5, 5.41) is 3.79. The van der Waals surface area contributed by atoms with Crippen LogP contribution in [0, 0.1) is 23.7 Å². The second-order valence-corrected chi connectivity index (χ2v) is 11.9. The van der Waals surface area contributed by atoms with Gasteiger partial charge in [-0.05, 0) is 68.1 Å². The molecule has 2 saturated carbocycles. The Morgan fingerprint density at radius 1 is 1.03 bits per heavy atom. The van der Waals surface area contributed by atoms with Crippen molar-refractivity contribution in [2.45, 2.75) is 88.2 Å². The molecule has 1 N–H and O–H groups in total. The first kappa shape index (κ1) is 21.4. The molecule has 5 rings (SSSR count). The summed E-state index contributed by atoms with van der Waals surface area (Å²) in [5.74, 6) is 2.15. The fourth-order valence-electron chi connectivity index (χ4n) is 6.27. The molecule has 2 heterocycles. The number of fused-ring (bicyclic) bond motifs is 3. The minimum absolute atomic E-state index is 0.00198. The largest absolute Gasteiger partial charge is 0.381 e. The second kappa shape index (κ2) is 8.86. The number of benzene rings is 1. The van der Waals surface area contributed by atoms with E-state index in [0.29, 0.717) is 22.8 Å². The lowest BCUT2D eigenvalue weighted by molar-refractivity contribution is 0.0730. The molecule has 2 aliphatic heterocycles. The van der Waals surface area contributed by atoms with Crippen LogP contribution in [0.4, 0.5) is 5.69 Å². The van der Waals surface area contributed by atoms with E-state index in [1.54, 1.807) is 12.3 Å². The van der Waals surface area contributed by atoms with E-state index in [1.807, 2.05) is 12.1 Å². The summed E-state index contributed by atoms with van der Waals surface area (Å²) < 4.78 is 36.2. The Bertz CT molecular complexity index is 915. The normalized spacial score (nSPS) is 34.3. The molecule has 170 valence electrons. The Morgan fingerprint density at radius 3 is 2.58 bits per heavy atom. The average Bonchev–Trinajstić information content (AvgIpc) is 3.29. The van der Waals surface area contributed by atoms with E-state index < -0.39 is 10.0 Å². The number of ether oxygens (including phenoxy) is 1. The molecule has 0 aromatic heterocycles. The summed E-state index contributed by atoms with van der Waals surface area (Å²) in [5.41, 5.74) is 2.04. The molecule has 0 radical (unpaired) electrons. The highest BCUT2D eigenvalue weighted by atomic mass is 32.2. The molecule has 0 amide bonds. The average molecular weight is 445 g/mol. The predicted molar refractivity (Wildman–Crippen MR) is 124 cm³/mol. The van der Waals surface area contributed by atoms with Gasteiger partial charge in [-0.3, -0.25) is 0 Å². The van der Waals surface area contributed by atoms with E-state index in [-0.39, 0.29) is 12.0 Å². The molecule has 1 aromatic carbocycles. The van der Waals surface area contributed by atoms with Crippen molar-refractivity contribution in [3.8, 4) is 0 Å². The molecule has 1 saturated heterocycles. The highest BCUT2D eigenvalue weighted by Gasteiger charge is 2.44. The van der Waals surface area contributed by atoms with Crippen molar-refractivity contribution >= 4 is 21.9 Å². The Balaban J connectivity index is 1.37. The van der Waals surface area contributed by atoms with E-state index in [9.17, 15) is 8.42 Å². The molecule has 2 aliphatic carbocycles. The van der Waals surface area contributed by atoms with Gasteiger partial charge >= 0.3 is 0 Å². The van der Waals surface area contributed by atoms with Crippen LogP contribution in [0.15, 0.2) is 27.5 Å². The van der Waals surface area contributed by atoms with Crippen LogP contribution < -0.4 is 5.32 Å². The molecule has 0 bridgehead atoms. The summed E-state index contributed by atoms with van der Waals surface area (Å²) >= 11 is 0. The Kier molecular flexibility index (Phi) is 6.13. The molecule has 31 heavy (non-hydrogen) atoms. The Labute approximate surface area is 187 Å². The lowest BCUT2D eigenvalue weighted by Crippen LogP contribution is -2.42. The molecule has 1 aromatic rings. The van der Waals surface area contributed by atoms with Crippen LogP contribution in [-0.4, -0.2) is 27.3 Å². The molecule has 4 aliphatic rings. The highest BCUT2D eigenvalue weighted by molar-refractivity contribution is 7.90. The third kappa shape index (κ3) is 4.43. The number of sulfonamides is 1. The Hall–Kier alpha value is -1.40. The van der Waals surface area contributed by atoms with Crippen molar-refractivity contribution in [2.24, 2.45) is 28.1 Å². The lowest BCUT2D eigenvalue weighted by atomic mass is 9.73. The molecule has 0 spiro atoms. The third-order valence-electron chi connectivity index (χ3n) is 8.18. The first-order valence-electron chi connectivity index (χ1n) is 12.3. The number of rotatable bonds is 4. The SMILES string of the molecule is CC1CCC(/C=N\S(=O)(=O)c2ccc3c(c2)[C@H]2OCC[C@H]2[C@H](C2CCCCC2)N3)CC1. The van der Waals surface area contributed by atoms with Gasteiger partial charge in [0, 0.05) is 36.0 Å². The van der Waals surface area contributed by atoms with Crippen LogP contribution in [0.1, 0.15) is 82.8 Å². The number of anilines is 1. The van der Waals surface area contributed by atoms with Crippen molar-refractivity contribution < 1.29 is 13.2 Å². The summed E-state index contributed by atoms with van der Waals surface area (Å²) in [7, 11) is -3.68. The fourth-order valence-corrected chi connectivity index (χ4v) is 7.24. The number of hydrogen-bond acceptors (Lipinski definition) is 4. The number of hydrogen-bond donors (Lipinski definition) is 1. The van der Waals surface area contributed by atoms with E-state index in [4.69, 9.17) is 4.74 Å². The maximum Gasteiger partial charge on any atom is 0.281 e. The minimum atomic E-state index is -3.68. The van der Waals surface area contributed by atoms with Gasteiger partial charge in [0.1, 0.15) is 0 Å². The van der Waals surface area contributed by atoms with E-state index in [1.165, 1.54) is 32.1 Å². The van der Waals surface area contributed by atoms with Gasteiger partial charge in [-0.25, -0.2) is 0 Å². The van der Waals surface area contributed by atoms with E-state index in [2.05, 4.69) is 16.6 Å². The zero-order valence-electron chi connectivity index (χ0n) is 18.6. The maximum atomic E-state index is 13.0. The first-order valence-corrected chi connectivity index (χ1v) is 13.8. The van der Waals surface area contributed by atoms with Gasteiger partial charge in [0.25, 0.3) is 10.0 Å². The van der Waals surface area contributed by atoms with Crippen molar-refractivity contribution in [1.29, 1.82) is 0 Å². The topological polar surface area (TPSA) is 67.8 Å². The molecule has 0 unspecified atom stereocenters. The summed E-state index contributed by atoms with van der Waals surface area (Å²) in [6.07, 6.45) is 13.7. The van der Waals surface area contributed by atoms with Gasteiger partial charge in [0.2, 0.25) is 0 Å². The first-order chi connectivity index (χ1) is 15.0. The molecule has 6 heteroatoms. The predicted octanol–water partition coefficient (Wildman–Crippen LogP) is 5.72. The van der Waals surface area contributed by atoms with E-state index in [0.717, 1.165) is 55.9 Å². The number of nitrogens with zero attached hydrogens (tertiary/aromatic N) is 1. The zero-order valence-corrected chi connectivity index (χ0v) is 19.4. The van der Waals surface area contributed by atoms with Crippen LogP contribution in [0.3, 0.4) is 0 Å². The monoisotopic (exact) mass is 444 g/mol. The van der Waals surface area contributed by atoms with Crippen LogP contribution in [0.5, 0.6) is 0 Å². The van der Waals surface area contributed by atoms with Gasteiger partial charge in [0.15, 0.2) is 0 Å². The molecular weight excluding hydrogens is 408 g/mol. The standard InChI is InChI=1S/C25H36N2O3S/c1-17-7-9-18(10-8-17)16-26-31(28,29)20-11-12-23-22(15-20)25-21(13-14-30-25)24(27-23)19-5-3-2-4-6-19/h11-12,15-19,21,24-25,27H,2-10,13-14H2,1H3/b26-16-/t17?,18?,21-,24-,25-/m0/s1. The summed E-state index contributed by atoms with van der Waals surface area (Å²) in [6.45, 7) is 3.03. The fraction of sp³-hybridized carbons (Fsp3) is 0.720.